The van der Waals surface area contributed by atoms with E-state index in [1.165, 1.54) is 4.31 Å². The van der Waals surface area contributed by atoms with E-state index in [2.05, 4.69) is 5.32 Å². The molecular weight excluding hydrogens is 486 g/mol. The highest BCUT2D eigenvalue weighted by atomic mass is 32.2. The monoisotopic (exact) mass is 521 g/mol. The summed E-state index contributed by atoms with van der Waals surface area (Å²) in [5, 5.41) is 4.55. The van der Waals surface area contributed by atoms with Gasteiger partial charge in [-0.05, 0) is 56.2 Å². The van der Waals surface area contributed by atoms with Gasteiger partial charge in [-0.3, -0.25) is 13.9 Å². The molecule has 0 unspecified atom stereocenters. The first-order valence-corrected chi connectivity index (χ1v) is 14.4. The van der Waals surface area contributed by atoms with Gasteiger partial charge in [0.15, 0.2) is 0 Å². The SMILES string of the molecule is CC[C@@H](C(=O)NC(C)C)N(CCc1ccccc1)C(=O)CCCN1c2cccc3cccc(c23)S1(=O)=O. The average Bonchev–Trinajstić information content (AvgIpc) is 3.09. The lowest BCUT2D eigenvalue weighted by molar-refractivity contribution is -0.141. The van der Waals surface area contributed by atoms with E-state index in [0.717, 1.165) is 16.3 Å². The fourth-order valence-corrected chi connectivity index (χ4v) is 6.74. The molecule has 0 saturated heterocycles. The van der Waals surface area contributed by atoms with Crippen LogP contribution in [0.25, 0.3) is 10.8 Å². The van der Waals surface area contributed by atoms with Crippen LogP contribution in [0, 0.1) is 0 Å². The van der Waals surface area contributed by atoms with Crippen LogP contribution < -0.4 is 9.62 Å². The summed E-state index contributed by atoms with van der Waals surface area (Å²) in [4.78, 5) is 28.4. The first-order valence-electron chi connectivity index (χ1n) is 12.9. The Balaban J connectivity index is 1.48. The normalized spacial score (nSPS) is 14.6. The van der Waals surface area contributed by atoms with Crippen molar-refractivity contribution >= 4 is 38.3 Å². The Hall–Kier alpha value is -3.39. The average molecular weight is 522 g/mol. The Kier molecular flexibility index (Phi) is 8.17. The van der Waals surface area contributed by atoms with Crippen LogP contribution in [-0.4, -0.2) is 50.3 Å². The minimum Gasteiger partial charge on any atom is -0.352 e. The second-order valence-corrected chi connectivity index (χ2v) is 11.6. The molecule has 1 aliphatic heterocycles. The Morgan fingerprint density at radius 3 is 2.35 bits per heavy atom. The molecule has 37 heavy (non-hydrogen) atoms. The Labute approximate surface area is 219 Å². The van der Waals surface area contributed by atoms with Crippen LogP contribution >= 0.6 is 0 Å². The van der Waals surface area contributed by atoms with Crippen molar-refractivity contribution in [3.63, 3.8) is 0 Å². The second-order valence-electron chi connectivity index (χ2n) is 9.72. The molecule has 3 aromatic rings. The molecule has 0 radical (unpaired) electrons. The third-order valence-electron chi connectivity index (χ3n) is 6.73. The topological polar surface area (TPSA) is 86.8 Å². The van der Waals surface area contributed by atoms with Crippen LogP contribution in [-0.2, 0) is 26.0 Å². The second kappa shape index (κ2) is 11.3. The number of hydrogen-bond donors (Lipinski definition) is 1. The molecule has 0 fully saturated rings. The largest absolute Gasteiger partial charge is 0.352 e. The summed E-state index contributed by atoms with van der Waals surface area (Å²) >= 11 is 0. The van der Waals surface area contributed by atoms with E-state index in [0.29, 0.717) is 36.4 Å². The predicted molar refractivity (Wildman–Crippen MR) is 147 cm³/mol. The lowest BCUT2D eigenvalue weighted by Gasteiger charge is -2.31. The summed E-state index contributed by atoms with van der Waals surface area (Å²) in [6.45, 7) is 6.32. The first kappa shape index (κ1) is 26.7. The molecule has 8 heteroatoms. The number of benzene rings is 3. The lowest BCUT2D eigenvalue weighted by Crippen LogP contribution is -2.51. The number of carbonyl (C=O) groups excluding carboxylic acids is 2. The van der Waals surface area contributed by atoms with Gasteiger partial charge in [-0.15, -0.1) is 0 Å². The minimum absolute atomic E-state index is 0.0302. The minimum atomic E-state index is -3.67. The van der Waals surface area contributed by atoms with Crippen molar-refractivity contribution < 1.29 is 18.0 Å². The van der Waals surface area contributed by atoms with E-state index in [4.69, 9.17) is 0 Å². The summed E-state index contributed by atoms with van der Waals surface area (Å²) in [6.07, 6.45) is 1.64. The third-order valence-corrected chi connectivity index (χ3v) is 8.59. The third kappa shape index (κ3) is 5.64. The van der Waals surface area contributed by atoms with Crippen LogP contribution in [0.2, 0.25) is 0 Å². The van der Waals surface area contributed by atoms with Gasteiger partial charge in [-0.25, -0.2) is 8.42 Å². The van der Waals surface area contributed by atoms with E-state index in [1.54, 1.807) is 17.0 Å². The molecule has 0 saturated carbocycles. The maximum Gasteiger partial charge on any atom is 0.265 e. The van der Waals surface area contributed by atoms with Crippen molar-refractivity contribution in [3.8, 4) is 0 Å². The molecule has 7 nitrogen and oxygen atoms in total. The standard InChI is InChI=1S/C29H35N3O4S/c1-4-24(29(34)30-21(2)3)31(20-18-22-11-6-5-7-12-22)27(33)17-10-19-32-25-15-8-13-23-14-9-16-26(28(23)25)37(32,35)36/h5-9,11-16,21,24H,4,10,17-20H2,1-3H3,(H,30,34)/t24-/m0/s1. The Bertz CT molecular complexity index is 1370. The van der Waals surface area contributed by atoms with Gasteiger partial charge >= 0.3 is 0 Å². The number of anilines is 1. The molecule has 0 bridgehead atoms. The number of hydrogen-bond acceptors (Lipinski definition) is 4. The van der Waals surface area contributed by atoms with E-state index >= 15 is 0 Å². The van der Waals surface area contributed by atoms with Crippen molar-refractivity contribution in [2.45, 2.75) is 63.4 Å². The number of amides is 2. The summed E-state index contributed by atoms with van der Waals surface area (Å²) in [5.41, 5.74) is 1.75. The summed E-state index contributed by atoms with van der Waals surface area (Å²) in [7, 11) is -3.67. The molecule has 0 aromatic heterocycles. The molecule has 4 rings (SSSR count). The molecule has 1 atom stereocenters. The van der Waals surface area contributed by atoms with Gasteiger partial charge in [-0.2, -0.15) is 0 Å². The van der Waals surface area contributed by atoms with Crippen molar-refractivity contribution in [2.75, 3.05) is 17.4 Å². The maximum absolute atomic E-state index is 13.5. The van der Waals surface area contributed by atoms with Crippen LogP contribution in [0.1, 0.15) is 45.6 Å². The van der Waals surface area contributed by atoms with Crippen LogP contribution in [0.4, 0.5) is 5.69 Å². The molecule has 1 aliphatic rings. The molecule has 1 N–H and O–H groups in total. The summed E-state index contributed by atoms with van der Waals surface area (Å²) < 4.78 is 27.9. The van der Waals surface area contributed by atoms with E-state index in [-0.39, 0.29) is 30.8 Å². The first-order chi connectivity index (χ1) is 17.7. The van der Waals surface area contributed by atoms with Gasteiger partial charge in [0.2, 0.25) is 11.8 Å². The van der Waals surface area contributed by atoms with Gasteiger partial charge in [0.1, 0.15) is 6.04 Å². The van der Waals surface area contributed by atoms with Crippen molar-refractivity contribution in [2.24, 2.45) is 0 Å². The quantitative estimate of drug-likeness (QED) is 0.402. The summed E-state index contributed by atoms with van der Waals surface area (Å²) in [6, 6.07) is 20.1. The van der Waals surface area contributed by atoms with Crippen molar-refractivity contribution in [3.05, 3.63) is 72.3 Å². The molecule has 0 aliphatic carbocycles. The van der Waals surface area contributed by atoms with Gasteiger partial charge in [0.25, 0.3) is 10.0 Å². The zero-order chi connectivity index (χ0) is 26.6. The van der Waals surface area contributed by atoms with Crippen LogP contribution in [0.15, 0.2) is 71.6 Å². The van der Waals surface area contributed by atoms with Gasteiger partial charge in [0.05, 0.1) is 10.6 Å². The molecule has 1 heterocycles. The fourth-order valence-electron chi connectivity index (χ4n) is 4.99. The highest BCUT2D eigenvalue weighted by Crippen LogP contribution is 2.42. The lowest BCUT2D eigenvalue weighted by atomic mass is 10.1. The fraction of sp³-hybridized carbons (Fsp3) is 0.379. The smallest absolute Gasteiger partial charge is 0.265 e. The summed E-state index contributed by atoms with van der Waals surface area (Å²) in [5.74, 6) is -0.308. The Morgan fingerprint density at radius 2 is 1.68 bits per heavy atom. The molecule has 3 aromatic carbocycles. The highest BCUT2D eigenvalue weighted by Gasteiger charge is 2.35. The van der Waals surface area contributed by atoms with E-state index in [1.807, 2.05) is 75.4 Å². The van der Waals surface area contributed by atoms with Gasteiger partial charge < -0.3 is 10.2 Å². The number of carbonyl (C=O) groups is 2. The zero-order valence-corrected chi connectivity index (χ0v) is 22.5. The number of sulfonamides is 1. The number of nitrogens with zero attached hydrogens (tertiary/aromatic N) is 2. The van der Waals surface area contributed by atoms with Crippen molar-refractivity contribution in [1.82, 2.24) is 10.2 Å². The number of rotatable bonds is 11. The van der Waals surface area contributed by atoms with Gasteiger partial charge in [0, 0.05) is 30.9 Å². The van der Waals surface area contributed by atoms with E-state index in [9.17, 15) is 18.0 Å². The van der Waals surface area contributed by atoms with Gasteiger partial charge in [-0.1, -0.05) is 61.5 Å². The molecule has 196 valence electrons. The van der Waals surface area contributed by atoms with E-state index < -0.39 is 16.1 Å². The molecule has 2 amide bonds. The zero-order valence-electron chi connectivity index (χ0n) is 21.7. The van der Waals surface area contributed by atoms with Crippen molar-refractivity contribution in [1.29, 1.82) is 0 Å². The Morgan fingerprint density at radius 1 is 0.973 bits per heavy atom. The highest BCUT2D eigenvalue weighted by molar-refractivity contribution is 7.93. The van der Waals surface area contributed by atoms with Crippen LogP contribution in [0.5, 0.6) is 0 Å². The van der Waals surface area contributed by atoms with Crippen LogP contribution in [0.3, 0.4) is 0 Å². The maximum atomic E-state index is 13.5. The predicted octanol–water partition coefficient (Wildman–Crippen LogP) is 4.50. The number of nitrogens with one attached hydrogen (secondary N) is 1. The molecular formula is C29H35N3O4S. The molecule has 0 spiro atoms.